The number of pyridine rings is 1. The number of hydrogen-bond donors (Lipinski definition) is 2. The number of halogens is 2. The molecule has 160 valence electrons. The van der Waals surface area contributed by atoms with Gasteiger partial charge in [0.25, 0.3) is 0 Å². The fourth-order valence-corrected chi connectivity index (χ4v) is 3.59. The van der Waals surface area contributed by atoms with Gasteiger partial charge in [-0.1, -0.05) is 35.9 Å². The van der Waals surface area contributed by atoms with Crippen LogP contribution in [0.15, 0.2) is 66.9 Å². The molecule has 0 unspecified atom stereocenters. The first-order valence-electron chi connectivity index (χ1n) is 9.49. The average molecular weight is 451 g/mol. The predicted octanol–water partition coefficient (Wildman–Crippen LogP) is 6.55. The number of hydrogen-bond acceptors (Lipinski definition) is 4. The number of aryl methyl sites for hydroxylation is 1. The van der Waals surface area contributed by atoms with Crippen molar-refractivity contribution in [3.8, 4) is 11.1 Å². The molecule has 0 fully saturated rings. The van der Waals surface area contributed by atoms with Crippen molar-refractivity contribution in [3.05, 3.63) is 93.4 Å². The minimum atomic E-state index is -0.988. The maximum absolute atomic E-state index is 13.6. The van der Waals surface area contributed by atoms with Crippen LogP contribution >= 0.6 is 11.6 Å². The van der Waals surface area contributed by atoms with Gasteiger partial charge in [-0.15, -0.1) is 0 Å². The van der Waals surface area contributed by atoms with E-state index in [2.05, 4.69) is 15.6 Å². The zero-order valence-electron chi connectivity index (χ0n) is 16.7. The number of amides is 2. The fraction of sp³-hybridized carbons (Fsp3) is 0.0435. The third-order valence-electron chi connectivity index (χ3n) is 4.89. The Bertz CT molecular complexity index is 1380. The molecule has 0 aliphatic heterocycles. The predicted molar refractivity (Wildman–Crippen MR) is 123 cm³/mol. The van der Waals surface area contributed by atoms with Crippen molar-refractivity contribution in [1.29, 1.82) is 0 Å². The second-order valence-corrected chi connectivity index (χ2v) is 7.46. The Labute approximate surface area is 187 Å². The van der Waals surface area contributed by atoms with E-state index in [-0.39, 0.29) is 5.69 Å². The van der Waals surface area contributed by atoms with E-state index in [1.807, 2.05) is 31.2 Å². The Morgan fingerprint density at radius 2 is 1.88 bits per heavy atom. The molecule has 32 heavy (non-hydrogen) atoms. The second-order valence-electron chi connectivity index (χ2n) is 7.03. The third kappa shape index (κ3) is 4.21. The molecule has 7 nitrogen and oxygen atoms in total. The summed E-state index contributed by atoms with van der Waals surface area (Å²) in [5.74, 6) is -0.988. The van der Waals surface area contributed by atoms with Gasteiger partial charge in [0, 0.05) is 27.7 Å². The van der Waals surface area contributed by atoms with Crippen molar-refractivity contribution >= 4 is 45.6 Å². The van der Waals surface area contributed by atoms with Crippen molar-refractivity contribution < 1.29 is 14.1 Å². The molecule has 4 aromatic rings. The Morgan fingerprint density at radius 1 is 1.09 bits per heavy atom. The van der Waals surface area contributed by atoms with Gasteiger partial charge in [-0.05, 0) is 48.4 Å². The number of nitro groups is 1. The van der Waals surface area contributed by atoms with E-state index in [0.717, 1.165) is 34.2 Å². The monoisotopic (exact) mass is 450 g/mol. The topological polar surface area (TPSA) is 97.2 Å². The van der Waals surface area contributed by atoms with Gasteiger partial charge in [0.2, 0.25) is 5.82 Å². The first-order chi connectivity index (χ1) is 15.3. The number of urea groups is 1. The third-order valence-corrected chi connectivity index (χ3v) is 5.13. The number of carbonyl (C=O) groups is 1. The van der Waals surface area contributed by atoms with Crippen molar-refractivity contribution in [2.24, 2.45) is 0 Å². The zero-order chi connectivity index (χ0) is 22.8. The van der Waals surface area contributed by atoms with Gasteiger partial charge < -0.3 is 10.6 Å². The Morgan fingerprint density at radius 3 is 2.62 bits per heavy atom. The summed E-state index contributed by atoms with van der Waals surface area (Å²) in [4.78, 5) is 27.2. The van der Waals surface area contributed by atoms with Gasteiger partial charge in [0.15, 0.2) is 0 Å². The molecule has 0 bridgehead atoms. The largest absolute Gasteiger partial charge is 0.323 e. The zero-order valence-corrected chi connectivity index (χ0v) is 17.5. The van der Waals surface area contributed by atoms with Crippen LogP contribution in [0.4, 0.5) is 26.2 Å². The van der Waals surface area contributed by atoms with Crippen LogP contribution in [-0.4, -0.2) is 15.9 Å². The highest BCUT2D eigenvalue weighted by Crippen LogP contribution is 2.37. The van der Waals surface area contributed by atoms with E-state index in [1.54, 1.807) is 18.2 Å². The highest BCUT2D eigenvalue weighted by Gasteiger charge is 2.18. The number of nitrogens with zero attached hydrogens (tertiary/aromatic N) is 2. The van der Waals surface area contributed by atoms with Crippen LogP contribution in [0.1, 0.15) is 5.56 Å². The summed E-state index contributed by atoms with van der Waals surface area (Å²) in [5, 5.41) is 17.5. The molecule has 2 N–H and O–H groups in total. The lowest BCUT2D eigenvalue weighted by molar-refractivity contribution is -0.387. The first kappa shape index (κ1) is 21.2. The molecule has 1 aromatic heterocycles. The maximum atomic E-state index is 13.6. The Balaban J connectivity index is 1.74. The van der Waals surface area contributed by atoms with Gasteiger partial charge in [-0.2, -0.15) is 4.39 Å². The molecule has 9 heteroatoms. The standard InChI is InChI=1S/C23H16ClFN4O3/c1-13-4-2-3-5-16(13)22-17-10-14(24)6-9-19(17)26-12-20(22)28-23(30)27-15-7-8-18(25)21(11-15)29(31)32/h2-12H,1H3,(H2,27,28,30). The summed E-state index contributed by atoms with van der Waals surface area (Å²) >= 11 is 6.22. The van der Waals surface area contributed by atoms with E-state index in [1.165, 1.54) is 12.3 Å². The van der Waals surface area contributed by atoms with Crippen LogP contribution < -0.4 is 10.6 Å². The smallest absolute Gasteiger partial charge is 0.307 e. The molecule has 0 radical (unpaired) electrons. The number of rotatable bonds is 4. The van der Waals surface area contributed by atoms with Crippen LogP contribution in [0.5, 0.6) is 0 Å². The normalized spacial score (nSPS) is 10.7. The van der Waals surface area contributed by atoms with E-state index < -0.39 is 22.5 Å². The van der Waals surface area contributed by atoms with Crippen molar-refractivity contribution in [1.82, 2.24) is 4.98 Å². The number of nitro benzene ring substituents is 1. The SMILES string of the molecule is Cc1ccccc1-c1c(NC(=O)Nc2ccc(F)c([N+](=O)[O-])c2)cnc2ccc(Cl)cc12. The summed E-state index contributed by atoms with van der Waals surface area (Å²) in [6.45, 7) is 1.95. The molecule has 0 atom stereocenters. The minimum Gasteiger partial charge on any atom is -0.307 e. The summed E-state index contributed by atoms with van der Waals surface area (Å²) in [7, 11) is 0. The van der Waals surface area contributed by atoms with Gasteiger partial charge in [-0.25, -0.2) is 4.79 Å². The summed E-state index contributed by atoms with van der Waals surface area (Å²) in [6.07, 6.45) is 1.53. The average Bonchev–Trinajstić information content (AvgIpc) is 2.75. The molecule has 0 aliphatic carbocycles. The van der Waals surface area contributed by atoms with E-state index >= 15 is 0 Å². The molecular weight excluding hydrogens is 435 g/mol. The summed E-state index contributed by atoms with van der Waals surface area (Å²) in [6, 6.07) is 15.4. The lowest BCUT2D eigenvalue weighted by atomic mass is 9.96. The van der Waals surface area contributed by atoms with Crippen LogP contribution in [0.2, 0.25) is 5.02 Å². The molecule has 0 saturated carbocycles. The van der Waals surface area contributed by atoms with Crippen LogP contribution in [0.25, 0.3) is 22.0 Å². The van der Waals surface area contributed by atoms with E-state index in [0.29, 0.717) is 16.2 Å². The van der Waals surface area contributed by atoms with Gasteiger partial charge in [0.1, 0.15) is 0 Å². The highest BCUT2D eigenvalue weighted by atomic mass is 35.5. The fourth-order valence-electron chi connectivity index (χ4n) is 3.42. The Kier molecular flexibility index (Phi) is 5.70. The maximum Gasteiger partial charge on any atom is 0.323 e. The van der Waals surface area contributed by atoms with Crippen molar-refractivity contribution in [2.75, 3.05) is 10.6 Å². The quantitative estimate of drug-likeness (QED) is 0.272. The number of fused-ring (bicyclic) bond motifs is 1. The second kappa shape index (κ2) is 8.60. The highest BCUT2D eigenvalue weighted by molar-refractivity contribution is 6.31. The number of aromatic nitrogens is 1. The lowest BCUT2D eigenvalue weighted by Crippen LogP contribution is -2.20. The lowest BCUT2D eigenvalue weighted by Gasteiger charge is -2.16. The number of nitrogens with one attached hydrogen (secondary N) is 2. The molecule has 0 aliphatic rings. The first-order valence-corrected chi connectivity index (χ1v) is 9.87. The minimum absolute atomic E-state index is 0.0739. The summed E-state index contributed by atoms with van der Waals surface area (Å²) in [5.41, 5.74) is 3.06. The molecule has 3 aromatic carbocycles. The van der Waals surface area contributed by atoms with Crippen molar-refractivity contribution in [3.63, 3.8) is 0 Å². The summed E-state index contributed by atoms with van der Waals surface area (Å²) < 4.78 is 13.6. The molecule has 4 rings (SSSR count). The van der Waals surface area contributed by atoms with E-state index in [4.69, 9.17) is 11.6 Å². The van der Waals surface area contributed by atoms with Crippen LogP contribution in [-0.2, 0) is 0 Å². The molecule has 1 heterocycles. The number of carbonyl (C=O) groups excluding carboxylic acids is 1. The van der Waals surface area contributed by atoms with Crippen LogP contribution in [0.3, 0.4) is 0 Å². The van der Waals surface area contributed by atoms with E-state index in [9.17, 15) is 19.3 Å². The van der Waals surface area contributed by atoms with Gasteiger partial charge in [-0.3, -0.25) is 15.1 Å². The number of benzene rings is 3. The van der Waals surface area contributed by atoms with Gasteiger partial charge in [0.05, 0.1) is 22.3 Å². The van der Waals surface area contributed by atoms with Crippen molar-refractivity contribution in [2.45, 2.75) is 6.92 Å². The molecule has 0 spiro atoms. The number of anilines is 2. The molecule has 0 saturated heterocycles. The Hall–Kier alpha value is -4.04. The molecular formula is C23H16ClFN4O3. The van der Waals surface area contributed by atoms with Crippen LogP contribution in [0, 0.1) is 22.9 Å². The van der Waals surface area contributed by atoms with Gasteiger partial charge >= 0.3 is 11.7 Å². The molecule has 2 amide bonds.